The van der Waals surface area contributed by atoms with Crippen LogP contribution in [0, 0.1) is 0 Å². The van der Waals surface area contributed by atoms with Gasteiger partial charge in [0.2, 0.25) is 0 Å². The van der Waals surface area contributed by atoms with E-state index in [-0.39, 0.29) is 36.6 Å². The minimum atomic E-state index is -4.76. The number of nitrogens with zero attached hydrogens (tertiary/aromatic N) is 4. The summed E-state index contributed by atoms with van der Waals surface area (Å²) < 4.78 is 55.6. The van der Waals surface area contributed by atoms with Gasteiger partial charge in [-0.05, 0) is 29.8 Å². The van der Waals surface area contributed by atoms with Crippen molar-refractivity contribution in [2.75, 3.05) is 6.54 Å². The molecule has 0 saturated carbocycles. The number of thiophene rings is 1. The van der Waals surface area contributed by atoms with Gasteiger partial charge in [-0.1, -0.05) is 0 Å². The number of hydrogen-bond acceptors (Lipinski definition) is 6. The molecule has 0 aliphatic rings. The van der Waals surface area contributed by atoms with Gasteiger partial charge in [-0.15, -0.1) is 24.5 Å². The van der Waals surface area contributed by atoms with E-state index in [0.29, 0.717) is 18.4 Å². The monoisotopic (exact) mass is 443 g/mol. The predicted octanol–water partition coefficient (Wildman–Crippen LogP) is 2.85. The molecule has 0 aliphatic carbocycles. The minimum Gasteiger partial charge on any atom is -0.404 e. The average Bonchev–Trinajstić information content (AvgIpc) is 3.27. The summed E-state index contributed by atoms with van der Waals surface area (Å²) in [5, 5.41) is 3.96. The summed E-state index contributed by atoms with van der Waals surface area (Å²) in [6.45, 7) is 0.252. The van der Waals surface area contributed by atoms with Crippen LogP contribution in [-0.4, -0.2) is 32.2 Å². The highest BCUT2D eigenvalue weighted by atomic mass is 32.1. The molecule has 3 heterocycles. The Morgan fingerprint density at radius 3 is 2.63 bits per heavy atom. The first kappa shape index (κ1) is 21.7. The molecule has 2 N–H and O–H groups in total. The minimum absolute atomic E-state index is 0.0125. The zero-order valence-corrected chi connectivity index (χ0v) is 16.3. The molecular weight excluding hydrogens is 426 g/mol. The van der Waals surface area contributed by atoms with Crippen molar-refractivity contribution in [3.8, 4) is 5.75 Å². The Morgan fingerprint density at radius 1 is 1.23 bits per heavy atom. The molecule has 0 aromatic carbocycles. The van der Waals surface area contributed by atoms with Gasteiger partial charge in [0.15, 0.2) is 0 Å². The number of pyridine rings is 1. The third kappa shape index (κ3) is 5.76. The molecule has 0 saturated heterocycles. The van der Waals surface area contributed by atoms with Gasteiger partial charge in [-0.25, -0.2) is 13.9 Å². The van der Waals surface area contributed by atoms with Crippen LogP contribution in [0.1, 0.15) is 15.4 Å². The number of nitrogens with two attached hydrogens (primary N) is 1. The lowest BCUT2D eigenvalue weighted by atomic mass is 10.2. The van der Waals surface area contributed by atoms with Crippen LogP contribution in [-0.2, 0) is 19.5 Å². The lowest BCUT2D eigenvalue weighted by molar-refractivity contribution is -0.274. The van der Waals surface area contributed by atoms with Crippen molar-refractivity contribution in [1.82, 2.24) is 19.3 Å². The maximum Gasteiger partial charge on any atom is 0.573 e. The van der Waals surface area contributed by atoms with Crippen molar-refractivity contribution in [1.29, 1.82) is 0 Å². The molecule has 3 aromatic rings. The van der Waals surface area contributed by atoms with E-state index >= 15 is 0 Å². The number of halogens is 4. The molecule has 0 bridgehead atoms. The average molecular weight is 443 g/mol. The Kier molecular flexibility index (Phi) is 6.67. The van der Waals surface area contributed by atoms with Crippen molar-refractivity contribution in [2.45, 2.75) is 25.9 Å². The largest absolute Gasteiger partial charge is 0.573 e. The van der Waals surface area contributed by atoms with Gasteiger partial charge in [-0.2, -0.15) is 5.10 Å². The quantitative estimate of drug-likeness (QED) is 0.541. The van der Waals surface area contributed by atoms with Crippen LogP contribution >= 0.6 is 11.3 Å². The first-order chi connectivity index (χ1) is 14.3. The molecule has 0 fully saturated rings. The van der Waals surface area contributed by atoms with E-state index in [0.717, 1.165) is 20.6 Å². The van der Waals surface area contributed by atoms with Crippen molar-refractivity contribution in [3.63, 3.8) is 0 Å². The fourth-order valence-corrected chi connectivity index (χ4v) is 3.62. The zero-order valence-electron chi connectivity index (χ0n) is 15.5. The van der Waals surface area contributed by atoms with Gasteiger partial charge in [0.05, 0.1) is 25.6 Å². The summed E-state index contributed by atoms with van der Waals surface area (Å²) >= 11 is 1.44. The Hall–Kier alpha value is -2.99. The van der Waals surface area contributed by atoms with Gasteiger partial charge in [0.1, 0.15) is 12.1 Å². The molecule has 0 unspecified atom stereocenters. The van der Waals surface area contributed by atoms with Crippen molar-refractivity contribution < 1.29 is 22.3 Å². The highest BCUT2D eigenvalue weighted by Crippen LogP contribution is 2.24. The highest BCUT2D eigenvalue weighted by Gasteiger charge is 2.31. The van der Waals surface area contributed by atoms with Crippen LogP contribution < -0.4 is 16.2 Å². The second-order valence-electron chi connectivity index (χ2n) is 6.25. The second-order valence-corrected chi connectivity index (χ2v) is 7.50. The third-order valence-corrected chi connectivity index (χ3v) is 5.07. The summed E-state index contributed by atoms with van der Waals surface area (Å²) in [6, 6.07) is 6.37. The van der Waals surface area contributed by atoms with Crippen molar-refractivity contribution >= 4 is 11.3 Å². The molecule has 0 atom stereocenters. The van der Waals surface area contributed by atoms with Gasteiger partial charge < -0.3 is 10.5 Å². The van der Waals surface area contributed by atoms with Crippen LogP contribution in [0.25, 0.3) is 0 Å². The molecule has 3 rings (SSSR count). The van der Waals surface area contributed by atoms with Crippen LogP contribution in [0.5, 0.6) is 5.75 Å². The van der Waals surface area contributed by atoms with E-state index in [1.54, 1.807) is 0 Å². The standard InChI is InChI=1S/C18H17F4N5O2S/c19-6-12(7-23)9-27-17(28)26(11-25-27)10-16-4-3-15(30-16)5-13-1-2-14(8-24-13)29-18(20,21)22/h1-4,6,8,11H,5,7,9-10,23H2/b12-6+. The normalized spacial score (nSPS) is 12.4. The zero-order chi connectivity index (χ0) is 21.7. The van der Waals surface area contributed by atoms with E-state index in [2.05, 4.69) is 14.8 Å². The SMILES string of the molecule is NC/C(=C\F)Cn1ncn(Cc2ccc(Cc3ccc(OC(F)(F)F)cn3)s2)c1=O. The first-order valence-corrected chi connectivity index (χ1v) is 9.47. The van der Waals surface area contributed by atoms with E-state index in [4.69, 9.17) is 5.73 Å². The van der Waals surface area contributed by atoms with Gasteiger partial charge >= 0.3 is 12.1 Å². The van der Waals surface area contributed by atoms with E-state index < -0.39 is 6.36 Å². The van der Waals surface area contributed by atoms with Crippen LogP contribution in [0.2, 0.25) is 0 Å². The molecule has 12 heteroatoms. The highest BCUT2D eigenvalue weighted by molar-refractivity contribution is 7.12. The molecule has 7 nitrogen and oxygen atoms in total. The molecular formula is C18H17F4N5O2S. The van der Waals surface area contributed by atoms with E-state index in [1.165, 1.54) is 34.4 Å². The van der Waals surface area contributed by atoms with E-state index in [1.807, 2.05) is 12.1 Å². The fraction of sp³-hybridized carbons (Fsp3) is 0.278. The molecule has 0 spiro atoms. The van der Waals surface area contributed by atoms with E-state index in [9.17, 15) is 22.4 Å². The molecule has 3 aromatic heterocycles. The molecule has 0 radical (unpaired) electrons. The summed E-state index contributed by atoms with van der Waals surface area (Å²) in [7, 11) is 0. The predicted molar refractivity (Wildman–Crippen MR) is 102 cm³/mol. The number of alkyl halides is 3. The summed E-state index contributed by atoms with van der Waals surface area (Å²) in [5.74, 6) is -0.380. The number of ether oxygens (including phenoxy) is 1. The van der Waals surface area contributed by atoms with Gasteiger partial charge in [0, 0.05) is 28.4 Å². The third-order valence-electron chi connectivity index (χ3n) is 4.00. The fourth-order valence-electron chi connectivity index (χ4n) is 2.58. The number of aromatic nitrogens is 4. The van der Waals surface area contributed by atoms with Crippen LogP contribution in [0.15, 0.2) is 53.5 Å². The smallest absolute Gasteiger partial charge is 0.404 e. The molecule has 0 aliphatic heterocycles. The second kappa shape index (κ2) is 9.22. The Labute approximate surface area is 172 Å². The summed E-state index contributed by atoms with van der Waals surface area (Å²) in [5.41, 5.74) is 5.83. The molecule has 30 heavy (non-hydrogen) atoms. The lowest BCUT2D eigenvalue weighted by Crippen LogP contribution is -2.26. The number of rotatable bonds is 8. The summed E-state index contributed by atoms with van der Waals surface area (Å²) in [6.07, 6.45) is -1.58. The molecule has 160 valence electrons. The van der Waals surface area contributed by atoms with Crippen LogP contribution in [0.3, 0.4) is 0 Å². The molecule has 0 amide bonds. The van der Waals surface area contributed by atoms with Crippen LogP contribution in [0.4, 0.5) is 17.6 Å². The lowest BCUT2D eigenvalue weighted by Gasteiger charge is -2.08. The Morgan fingerprint density at radius 2 is 2.00 bits per heavy atom. The van der Waals surface area contributed by atoms with Gasteiger partial charge in [0.25, 0.3) is 0 Å². The maximum atomic E-state index is 12.7. The summed E-state index contributed by atoms with van der Waals surface area (Å²) in [4.78, 5) is 18.1. The Bertz CT molecular complexity index is 1070. The van der Waals surface area contributed by atoms with Gasteiger partial charge in [-0.3, -0.25) is 9.55 Å². The van der Waals surface area contributed by atoms with Crippen molar-refractivity contribution in [2.24, 2.45) is 5.73 Å². The topological polar surface area (TPSA) is 88.0 Å². The number of hydrogen-bond donors (Lipinski definition) is 1. The Balaban J connectivity index is 1.63. The maximum absolute atomic E-state index is 12.7. The van der Waals surface area contributed by atoms with Crippen molar-refractivity contribution in [3.05, 3.63) is 74.6 Å². The first-order valence-electron chi connectivity index (χ1n) is 8.66.